The quantitative estimate of drug-likeness (QED) is 0.345. The third kappa shape index (κ3) is 6.60. The number of methoxy groups -OCH3 is 1. The molecule has 4 aromatic rings. The maximum atomic E-state index is 12.6. The molecule has 10 nitrogen and oxygen atoms in total. The summed E-state index contributed by atoms with van der Waals surface area (Å²) in [6.07, 6.45) is -0.783. The predicted octanol–water partition coefficient (Wildman–Crippen LogP) is 4.41. The van der Waals surface area contributed by atoms with Crippen LogP contribution in [0.3, 0.4) is 0 Å². The van der Waals surface area contributed by atoms with E-state index >= 15 is 0 Å². The van der Waals surface area contributed by atoms with Gasteiger partial charge in [-0.25, -0.2) is 4.79 Å². The van der Waals surface area contributed by atoms with Gasteiger partial charge in [0, 0.05) is 12.1 Å². The maximum absolute atomic E-state index is 12.6. The number of ether oxygens (including phenoxy) is 3. The summed E-state index contributed by atoms with van der Waals surface area (Å²) < 4.78 is 21.4. The second-order valence-corrected chi connectivity index (χ2v) is 7.61. The second-order valence-electron chi connectivity index (χ2n) is 7.61. The first-order chi connectivity index (χ1) is 17.5. The van der Waals surface area contributed by atoms with Crippen molar-refractivity contribution in [1.82, 2.24) is 15.0 Å². The van der Waals surface area contributed by atoms with E-state index < -0.39 is 18.6 Å². The van der Waals surface area contributed by atoms with Crippen LogP contribution in [-0.2, 0) is 17.9 Å². The topological polar surface area (TPSA) is 124 Å². The fourth-order valence-electron chi connectivity index (χ4n) is 3.23. The first-order valence-electron chi connectivity index (χ1n) is 10.9. The monoisotopic (exact) mass is 489 g/mol. The Kier molecular flexibility index (Phi) is 7.76. The SMILES string of the molecule is COc1ccc(OC(=O)N(CC(=O)O)Cc2ccc(OCc3noc(-c4ccccc4)n3)cc2)cc1. The van der Waals surface area contributed by atoms with E-state index in [1.807, 2.05) is 30.3 Å². The summed E-state index contributed by atoms with van der Waals surface area (Å²) in [5.74, 6) is 1.08. The number of carbonyl (C=O) groups excluding carboxylic acids is 1. The second kappa shape index (κ2) is 11.5. The molecule has 36 heavy (non-hydrogen) atoms. The Bertz CT molecular complexity index is 1290. The molecule has 3 aromatic carbocycles. The van der Waals surface area contributed by atoms with Crippen LogP contribution in [-0.4, -0.2) is 45.9 Å². The molecule has 1 heterocycles. The minimum Gasteiger partial charge on any atom is -0.497 e. The van der Waals surface area contributed by atoms with Gasteiger partial charge in [-0.2, -0.15) is 4.98 Å². The van der Waals surface area contributed by atoms with Gasteiger partial charge in [0.15, 0.2) is 6.61 Å². The number of carboxylic acid groups (broad SMARTS) is 1. The summed E-state index contributed by atoms with van der Waals surface area (Å²) in [5.41, 5.74) is 1.51. The van der Waals surface area contributed by atoms with Gasteiger partial charge in [0.1, 0.15) is 23.8 Å². The smallest absolute Gasteiger partial charge is 0.416 e. The molecule has 0 fully saturated rings. The first-order valence-corrected chi connectivity index (χ1v) is 10.9. The number of carboxylic acids is 1. The lowest BCUT2D eigenvalue weighted by Crippen LogP contribution is -2.37. The van der Waals surface area contributed by atoms with Gasteiger partial charge < -0.3 is 23.8 Å². The number of carbonyl (C=O) groups is 2. The van der Waals surface area contributed by atoms with Gasteiger partial charge >= 0.3 is 12.1 Å². The summed E-state index contributed by atoms with van der Waals surface area (Å²) in [5, 5.41) is 13.2. The zero-order valence-electron chi connectivity index (χ0n) is 19.4. The van der Waals surface area contributed by atoms with Gasteiger partial charge in [0.25, 0.3) is 5.89 Å². The highest BCUT2D eigenvalue weighted by Gasteiger charge is 2.20. The van der Waals surface area contributed by atoms with Crippen molar-refractivity contribution in [3.05, 3.63) is 90.3 Å². The Morgan fingerprint density at radius 2 is 1.58 bits per heavy atom. The molecule has 1 aromatic heterocycles. The van der Waals surface area contributed by atoms with Crippen LogP contribution in [0.4, 0.5) is 4.79 Å². The largest absolute Gasteiger partial charge is 0.497 e. The van der Waals surface area contributed by atoms with Gasteiger partial charge in [0.05, 0.1) is 7.11 Å². The van der Waals surface area contributed by atoms with Crippen molar-refractivity contribution < 1.29 is 33.4 Å². The van der Waals surface area contributed by atoms with E-state index in [-0.39, 0.29) is 18.9 Å². The molecule has 0 aliphatic rings. The fraction of sp³-hybridized carbons (Fsp3) is 0.154. The standard InChI is InChI=1S/C26H23N3O7/c1-33-20-11-13-22(14-12-20)35-26(32)29(16-24(30)31)15-18-7-9-21(10-8-18)34-17-23-27-25(36-28-23)19-5-3-2-4-6-19/h2-14H,15-17H2,1H3,(H,30,31). The van der Waals surface area contributed by atoms with E-state index in [2.05, 4.69) is 10.1 Å². The number of benzene rings is 3. The van der Waals surface area contributed by atoms with E-state index in [1.165, 1.54) is 7.11 Å². The highest BCUT2D eigenvalue weighted by atomic mass is 16.6. The average molecular weight is 489 g/mol. The Labute approximate surface area is 206 Å². The Balaban J connectivity index is 1.34. The number of hydrogen-bond donors (Lipinski definition) is 1. The summed E-state index contributed by atoms with van der Waals surface area (Å²) >= 11 is 0. The van der Waals surface area contributed by atoms with E-state index in [0.29, 0.717) is 28.8 Å². The molecule has 0 saturated carbocycles. The van der Waals surface area contributed by atoms with Gasteiger partial charge in [-0.3, -0.25) is 9.69 Å². The van der Waals surface area contributed by atoms with Crippen molar-refractivity contribution in [2.24, 2.45) is 0 Å². The average Bonchev–Trinajstić information content (AvgIpc) is 3.38. The fourth-order valence-corrected chi connectivity index (χ4v) is 3.23. The summed E-state index contributed by atoms with van der Waals surface area (Å²) in [6.45, 7) is -0.378. The summed E-state index contributed by atoms with van der Waals surface area (Å²) in [4.78, 5) is 29.3. The molecule has 4 rings (SSSR count). The van der Waals surface area contributed by atoms with Crippen LogP contribution in [0, 0.1) is 0 Å². The minimum absolute atomic E-state index is 0.0346. The van der Waals surface area contributed by atoms with Crippen molar-refractivity contribution in [2.75, 3.05) is 13.7 Å². The number of nitrogens with zero attached hydrogens (tertiary/aromatic N) is 3. The first kappa shape index (κ1) is 24.3. The molecular weight excluding hydrogens is 466 g/mol. The number of hydrogen-bond acceptors (Lipinski definition) is 8. The molecule has 184 valence electrons. The lowest BCUT2D eigenvalue weighted by atomic mass is 10.2. The van der Waals surface area contributed by atoms with E-state index in [4.69, 9.17) is 18.7 Å². The Morgan fingerprint density at radius 3 is 2.25 bits per heavy atom. The highest BCUT2D eigenvalue weighted by molar-refractivity contribution is 5.78. The third-order valence-corrected chi connectivity index (χ3v) is 5.00. The molecule has 0 saturated heterocycles. The third-order valence-electron chi connectivity index (χ3n) is 5.00. The van der Waals surface area contributed by atoms with Crippen molar-refractivity contribution in [3.63, 3.8) is 0 Å². The van der Waals surface area contributed by atoms with Crippen molar-refractivity contribution in [3.8, 4) is 28.7 Å². The zero-order chi connectivity index (χ0) is 25.3. The summed E-state index contributed by atoms with van der Waals surface area (Å²) in [7, 11) is 1.53. The number of rotatable bonds is 10. The van der Waals surface area contributed by atoms with Crippen LogP contribution in [0.5, 0.6) is 17.2 Å². The van der Waals surface area contributed by atoms with Gasteiger partial charge in [-0.05, 0) is 54.1 Å². The zero-order valence-corrected chi connectivity index (χ0v) is 19.4. The van der Waals surface area contributed by atoms with Crippen LogP contribution in [0.2, 0.25) is 0 Å². The molecule has 0 unspecified atom stereocenters. The number of amides is 1. The lowest BCUT2D eigenvalue weighted by Gasteiger charge is -2.20. The highest BCUT2D eigenvalue weighted by Crippen LogP contribution is 2.20. The van der Waals surface area contributed by atoms with Crippen LogP contribution in [0.1, 0.15) is 11.4 Å². The number of aliphatic carboxylic acids is 1. The van der Waals surface area contributed by atoms with Crippen molar-refractivity contribution in [2.45, 2.75) is 13.2 Å². The predicted molar refractivity (Wildman–Crippen MR) is 128 cm³/mol. The molecule has 0 bridgehead atoms. The van der Waals surface area contributed by atoms with Gasteiger partial charge in [-0.1, -0.05) is 35.5 Å². The molecule has 1 N–H and O–H groups in total. The van der Waals surface area contributed by atoms with E-state index in [1.54, 1.807) is 48.5 Å². The molecule has 1 amide bonds. The molecule has 0 atom stereocenters. The van der Waals surface area contributed by atoms with Crippen LogP contribution in [0.15, 0.2) is 83.4 Å². The van der Waals surface area contributed by atoms with Crippen LogP contribution < -0.4 is 14.2 Å². The molecule has 0 aliphatic heterocycles. The molecular formula is C26H23N3O7. The van der Waals surface area contributed by atoms with Crippen molar-refractivity contribution in [1.29, 1.82) is 0 Å². The van der Waals surface area contributed by atoms with E-state index in [0.717, 1.165) is 10.5 Å². The Morgan fingerprint density at radius 1 is 0.917 bits per heavy atom. The molecule has 0 spiro atoms. The molecule has 10 heteroatoms. The Hall–Kier alpha value is -4.86. The lowest BCUT2D eigenvalue weighted by molar-refractivity contribution is -0.138. The van der Waals surface area contributed by atoms with Crippen LogP contribution >= 0.6 is 0 Å². The van der Waals surface area contributed by atoms with Crippen molar-refractivity contribution >= 4 is 12.1 Å². The minimum atomic E-state index is -1.16. The normalized spacial score (nSPS) is 10.5. The molecule has 0 radical (unpaired) electrons. The van der Waals surface area contributed by atoms with Crippen LogP contribution in [0.25, 0.3) is 11.5 Å². The summed E-state index contributed by atoms with van der Waals surface area (Å²) in [6, 6.07) is 22.7. The maximum Gasteiger partial charge on any atom is 0.416 e. The van der Waals surface area contributed by atoms with Gasteiger partial charge in [0.2, 0.25) is 5.82 Å². The van der Waals surface area contributed by atoms with E-state index in [9.17, 15) is 14.7 Å². The number of aromatic nitrogens is 2. The van der Waals surface area contributed by atoms with Gasteiger partial charge in [-0.15, -0.1) is 0 Å². The molecule has 0 aliphatic carbocycles.